The molecule has 1 amide bonds. The molecule has 3 heterocycles. The molecule has 3 rings (SSSR count). The van der Waals surface area contributed by atoms with E-state index in [0.717, 1.165) is 43.9 Å². The number of aromatic nitrogens is 4. The number of nitrogens with zero attached hydrogens (tertiary/aromatic N) is 6. The molecular weight excluding hydrogens is 306 g/mol. The summed E-state index contributed by atoms with van der Waals surface area (Å²) in [6.07, 6.45) is 4.40. The first kappa shape index (κ1) is 16.6. The fourth-order valence-corrected chi connectivity index (χ4v) is 2.92. The van der Waals surface area contributed by atoms with Crippen LogP contribution in [0.4, 0.5) is 5.82 Å². The Balaban J connectivity index is 1.62. The number of piperidine rings is 1. The van der Waals surface area contributed by atoms with Gasteiger partial charge in [-0.1, -0.05) is 6.92 Å². The van der Waals surface area contributed by atoms with Crippen molar-refractivity contribution >= 4 is 17.5 Å². The quantitative estimate of drug-likeness (QED) is 0.867. The van der Waals surface area contributed by atoms with Gasteiger partial charge in [0.25, 0.3) is 5.78 Å². The van der Waals surface area contributed by atoms with Crippen LogP contribution in [0.3, 0.4) is 0 Å². The third kappa shape index (κ3) is 3.64. The zero-order valence-corrected chi connectivity index (χ0v) is 14.6. The highest BCUT2D eigenvalue weighted by molar-refractivity contribution is 5.77. The largest absolute Gasteiger partial charge is 0.367 e. The van der Waals surface area contributed by atoms with Crippen molar-refractivity contribution in [1.82, 2.24) is 29.4 Å². The van der Waals surface area contributed by atoms with Crippen molar-refractivity contribution in [1.29, 1.82) is 0 Å². The Morgan fingerprint density at radius 3 is 2.79 bits per heavy atom. The first-order chi connectivity index (χ1) is 11.6. The normalized spacial score (nSPS) is 16.5. The van der Waals surface area contributed by atoms with Crippen LogP contribution in [-0.2, 0) is 11.2 Å². The van der Waals surface area contributed by atoms with Crippen molar-refractivity contribution < 1.29 is 4.79 Å². The summed E-state index contributed by atoms with van der Waals surface area (Å²) in [5.74, 6) is 1.73. The molecule has 0 atom stereocenters. The van der Waals surface area contributed by atoms with Gasteiger partial charge in [0.15, 0.2) is 0 Å². The molecule has 1 saturated heterocycles. The Morgan fingerprint density at radius 1 is 1.38 bits per heavy atom. The number of carbonyl (C=O) groups is 1. The van der Waals surface area contributed by atoms with Crippen molar-refractivity contribution in [2.24, 2.45) is 0 Å². The van der Waals surface area contributed by atoms with E-state index >= 15 is 0 Å². The van der Waals surface area contributed by atoms with Crippen LogP contribution in [0.2, 0.25) is 0 Å². The molecule has 8 heteroatoms. The molecule has 0 radical (unpaired) electrons. The highest BCUT2D eigenvalue weighted by Crippen LogP contribution is 2.18. The first-order valence-electron chi connectivity index (χ1n) is 8.45. The van der Waals surface area contributed by atoms with Gasteiger partial charge in [0.1, 0.15) is 12.1 Å². The van der Waals surface area contributed by atoms with E-state index < -0.39 is 0 Å². The number of fused-ring (bicyclic) bond motifs is 1. The number of carbonyl (C=O) groups excluding carboxylic acids is 1. The monoisotopic (exact) mass is 331 g/mol. The SMILES string of the molecule is CCc1cc(NC2CCN(CC(=O)N(C)C)CC2)n2ncnc2n1. The van der Waals surface area contributed by atoms with E-state index in [9.17, 15) is 4.79 Å². The summed E-state index contributed by atoms with van der Waals surface area (Å²) in [6.45, 7) is 4.43. The van der Waals surface area contributed by atoms with Crippen LogP contribution in [0.5, 0.6) is 0 Å². The van der Waals surface area contributed by atoms with Crippen LogP contribution in [0.15, 0.2) is 12.4 Å². The van der Waals surface area contributed by atoms with Crippen LogP contribution in [-0.4, -0.2) is 75.1 Å². The van der Waals surface area contributed by atoms with Crippen LogP contribution < -0.4 is 5.32 Å². The summed E-state index contributed by atoms with van der Waals surface area (Å²) < 4.78 is 1.75. The van der Waals surface area contributed by atoms with E-state index in [1.807, 2.05) is 6.07 Å². The van der Waals surface area contributed by atoms with E-state index in [2.05, 4.69) is 32.2 Å². The van der Waals surface area contributed by atoms with Gasteiger partial charge in [0, 0.05) is 45.0 Å². The molecule has 0 spiro atoms. The summed E-state index contributed by atoms with van der Waals surface area (Å²) in [6, 6.07) is 2.42. The summed E-state index contributed by atoms with van der Waals surface area (Å²) in [5, 5.41) is 7.83. The Kier molecular flexibility index (Phi) is 4.94. The number of likely N-dealkylation sites (N-methyl/N-ethyl adjacent to an activating group) is 1. The van der Waals surface area contributed by atoms with Crippen LogP contribution >= 0.6 is 0 Å². The maximum absolute atomic E-state index is 11.8. The predicted molar refractivity (Wildman–Crippen MR) is 91.9 cm³/mol. The van der Waals surface area contributed by atoms with Crippen LogP contribution in [0.25, 0.3) is 5.78 Å². The van der Waals surface area contributed by atoms with Gasteiger partial charge < -0.3 is 10.2 Å². The van der Waals surface area contributed by atoms with Gasteiger partial charge in [-0.3, -0.25) is 9.69 Å². The zero-order chi connectivity index (χ0) is 17.1. The molecule has 0 bridgehead atoms. The van der Waals surface area contributed by atoms with Crippen molar-refractivity contribution in [2.45, 2.75) is 32.2 Å². The molecule has 0 aromatic carbocycles. The fraction of sp³-hybridized carbons (Fsp3) is 0.625. The lowest BCUT2D eigenvalue weighted by atomic mass is 10.0. The molecular formula is C16H25N7O. The Morgan fingerprint density at radius 2 is 2.12 bits per heavy atom. The standard InChI is InChI=1S/C16H25N7O/c1-4-12-9-14(23-16(20-12)17-11-18-23)19-13-5-7-22(8-6-13)10-15(24)21(2)3/h9,11,13,19H,4-8,10H2,1-3H3. The highest BCUT2D eigenvalue weighted by atomic mass is 16.2. The van der Waals surface area contributed by atoms with Gasteiger partial charge in [0.05, 0.1) is 6.54 Å². The summed E-state index contributed by atoms with van der Waals surface area (Å²) in [4.78, 5) is 24.3. The highest BCUT2D eigenvalue weighted by Gasteiger charge is 2.22. The van der Waals surface area contributed by atoms with E-state index in [4.69, 9.17) is 0 Å². The van der Waals surface area contributed by atoms with E-state index in [0.29, 0.717) is 18.4 Å². The molecule has 1 N–H and O–H groups in total. The Hall–Kier alpha value is -2.22. The Bertz CT molecular complexity index is 704. The summed E-state index contributed by atoms with van der Waals surface area (Å²) in [7, 11) is 3.60. The third-order valence-corrected chi connectivity index (χ3v) is 4.46. The fourth-order valence-electron chi connectivity index (χ4n) is 2.92. The van der Waals surface area contributed by atoms with Crippen molar-refractivity contribution in [3.63, 3.8) is 0 Å². The number of nitrogens with one attached hydrogen (secondary N) is 1. The minimum absolute atomic E-state index is 0.160. The number of anilines is 1. The molecule has 1 aliphatic heterocycles. The number of hydrogen-bond donors (Lipinski definition) is 1. The smallest absolute Gasteiger partial charge is 0.254 e. The molecule has 2 aromatic rings. The second-order valence-corrected chi connectivity index (χ2v) is 6.44. The average molecular weight is 331 g/mol. The number of amides is 1. The van der Waals surface area contributed by atoms with Gasteiger partial charge >= 0.3 is 0 Å². The lowest BCUT2D eigenvalue weighted by molar-refractivity contribution is -0.130. The Labute approximate surface area is 141 Å². The number of likely N-dealkylation sites (tertiary alicyclic amines) is 1. The molecule has 0 unspecified atom stereocenters. The maximum Gasteiger partial charge on any atom is 0.254 e. The van der Waals surface area contributed by atoms with Crippen LogP contribution in [0.1, 0.15) is 25.5 Å². The molecule has 24 heavy (non-hydrogen) atoms. The summed E-state index contributed by atoms with van der Waals surface area (Å²) >= 11 is 0. The van der Waals surface area contributed by atoms with Gasteiger partial charge in [-0.25, -0.2) is 4.98 Å². The first-order valence-corrected chi connectivity index (χ1v) is 8.45. The molecule has 1 fully saturated rings. The van der Waals surface area contributed by atoms with Crippen LogP contribution in [0, 0.1) is 0 Å². The topological polar surface area (TPSA) is 78.7 Å². The van der Waals surface area contributed by atoms with Crippen molar-refractivity contribution in [2.75, 3.05) is 39.0 Å². The number of hydrogen-bond acceptors (Lipinski definition) is 6. The maximum atomic E-state index is 11.8. The van der Waals surface area contributed by atoms with Gasteiger partial charge in [0.2, 0.25) is 5.91 Å². The van der Waals surface area contributed by atoms with Crippen molar-refractivity contribution in [3.8, 4) is 0 Å². The van der Waals surface area contributed by atoms with Crippen molar-refractivity contribution in [3.05, 3.63) is 18.1 Å². The van der Waals surface area contributed by atoms with E-state index in [1.54, 1.807) is 23.5 Å². The van der Waals surface area contributed by atoms with E-state index in [1.165, 1.54) is 6.33 Å². The minimum atomic E-state index is 0.160. The lowest BCUT2D eigenvalue weighted by Crippen LogP contribution is -2.44. The minimum Gasteiger partial charge on any atom is -0.367 e. The predicted octanol–water partition coefficient (Wildman–Crippen LogP) is 0.651. The molecule has 0 aliphatic carbocycles. The number of rotatable bonds is 5. The average Bonchev–Trinajstić information content (AvgIpc) is 3.05. The van der Waals surface area contributed by atoms with Gasteiger partial charge in [-0.15, -0.1) is 0 Å². The second kappa shape index (κ2) is 7.12. The zero-order valence-electron chi connectivity index (χ0n) is 14.6. The lowest BCUT2D eigenvalue weighted by Gasteiger charge is -2.32. The molecule has 1 aliphatic rings. The summed E-state index contributed by atoms with van der Waals surface area (Å²) in [5.41, 5.74) is 1.01. The molecule has 130 valence electrons. The van der Waals surface area contributed by atoms with E-state index in [-0.39, 0.29) is 5.91 Å². The number of aryl methyl sites for hydroxylation is 1. The molecule has 8 nitrogen and oxygen atoms in total. The molecule has 0 saturated carbocycles. The molecule has 2 aromatic heterocycles. The third-order valence-electron chi connectivity index (χ3n) is 4.46. The van der Waals surface area contributed by atoms with Gasteiger partial charge in [-0.05, 0) is 19.3 Å². The van der Waals surface area contributed by atoms with Gasteiger partial charge in [-0.2, -0.15) is 14.6 Å². The second-order valence-electron chi connectivity index (χ2n) is 6.44.